The van der Waals surface area contributed by atoms with Crippen LogP contribution in [0.15, 0.2) is 89.3 Å². The van der Waals surface area contributed by atoms with Crippen molar-refractivity contribution in [2.45, 2.75) is 122 Å². The number of carbonyl (C=O) groups excluding carboxylic acids is 1. The second-order valence-corrected chi connectivity index (χ2v) is 20.4. The molecule has 10 heteroatoms. The van der Waals surface area contributed by atoms with E-state index in [-0.39, 0.29) is 41.5 Å². The summed E-state index contributed by atoms with van der Waals surface area (Å²) in [5.74, 6) is 9.51. The maximum absolute atomic E-state index is 14.1. The minimum atomic E-state index is -0.733. The van der Waals surface area contributed by atoms with Gasteiger partial charge in [-0.25, -0.2) is 0 Å². The molecule has 1 fully saturated rings. The van der Waals surface area contributed by atoms with Gasteiger partial charge in [0.05, 0.1) is 24.9 Å². The molecular formula is C52H62N3O5S2-. The highest BCUT2D eigenvalue weighted by Gasteiger charge is 2.37. The molecule has 0 spiro atoms. The number of unbranched alkanes of at least 4 members (excludes halogenated alkanes) is 2. The van der Waals surface area contributed by atoms with E-state index in [1.165, 1.54) is 25.7 Å². The van der Waals surface area contributed by atoms with Gasteiger partial charge in [0, 0.05) is 47.6 Å². The third kappa shape index (κ3) is 11.6. The number of aliphatic imine (C=N–C) groups is 1. The molecule has 4 atom stereocenters. The fourth-order valence-corrected chi connectivity index (χ4v) is 12.0. The zero-order valence-corrected chi connectivity index (χ0v) is 37.9. The highest BCUT2D eigenvalue weighted by Crippen LogP contribution is 2.49. The van der Waals surface area contributed by atoms with Gasteiger partial charge in [-0.05, 0) is 132 Å². The van der Waals surface area contributed by atoms with Crippen molar-refractivity contribution in [3.05, 3.63) is 123 Å². The van der Waals surface area contributed by atoms with E-state index in [2.05, 4.69) is 42.8 Å². The van der Waals surface area contributed by atoms with Crippen molar-refractivity contribution in [3.63, 3.8) is 0 Å². The number of rotatable bonds is 8. The zero-order chi connectivity index (χ0) is 43.6. The minimum Gasteiger partial charge on any atom is -0.875 e. The second kappa shape index (κ2) is 21.3. The summed E-state index contributed by atoms with van der Waals surface area (Å²) >= 11 is 0. The van der Waals surface area contributed by atoms with Crippen LogP contribution >= 0.6 is 21.6 Å². The number of fused-ring (bicyclic) bond motifs is 9. The van der Waals surface area contributed by atoms with E-state index in [9.17, 15) is 20.1 Å². The van der Waals surface area contributed by atoms with Crippen molar-refractivity contribution >= 4 is 33.1 Å². The van der Waals surface area contributed by atoms with Crippen molar-refractivity contribution in [2.24, 2.45) is 33.7 Å². The van der Waals surface area contributed by atoms with Crippen molar-refractivity contribution in [1.82, 2.24) is 0 Å². The highest BCUT2D eigenvalue weighted by molar-refractivity contribution is 8.76. The Bertz CT molecular complexity index is 2290. The molecule has 2 aliphatic carbocycles. The van der Waals surface area contributed by atoms with E-state index >= 15 is 0 Å². The molecule has 0 radical (unpaired) electrons. The van der Waals surface area contributed by atoms with Crippen LogP contribution in [0.25, 0.3) is 0 Å². The van der Waals surface area contributed by atoms with Crippen LogP contribution in [0.2, 0.25) is 0 Å². The van der Waals surface area contributed by atoms with Crippen LogP contribution < -0.4 is 21.3 Å². The lowest BCUT2D eigenvalue weighted by molar-refractivity contribution is -0.307. The van der Waals surface area contributed by atoms with Crippen molar-refractivity contribution < 1.29 is 24.9 Å². The number of phenols is 2. The average molecular weight is 873 g/mol. The van der Waals surface area contributed by atoms with Crippen LogP contribution in [0, 0.1) is 29.1 Å². The molecule has 0 amide bonds. The summed E-state index contributed by atoms with van der Waals surface area (Å²) in [5.41, 5.74) is 19.9. The Morgan fingerprint density at radius 3 is 2.63 bits per heavy atom. The number of hydrogen-bond donors (Lipinski definition) is 4. The fourth-order valence-electron chi connectivity index (χ4n) is 9.49. The SMILES string of the molecule is CCCCC[C@H](C)CC[C@]12/C=C/C(=O)CCc3ccc(O)c(c3)OCCc3ccc(O)c(c3)[C@H]3CC([O-])=C4C=CN=C4CC#Cc4cc(C(N)N)c(cc43)CSSC[C@H](CC1)C2. The quantitative estimate of drug-likeness (QED) is 0.0750. The Morgan fingerprint density at radius 1 is 0.984 bits per heavy atom. The maximum atomic E-state index is 14.1. The Balaban J connectivity index is 1.23. The van der Waals surface area contributed by atoms with Gasteiger partial charge >= 0.3 is 0 Å². The van der Waals surface area contributed by atoms with Gasteiger partial charge in [-0.2, -0.15) is 0 Å². The van der Waals surface area contributed by atoms with Gasteiger partial charge in [0.2, 0.25) is 0 Å². The number of ketones is 1. The Kier molecular flexibility index (Phi) is 15.7. The van der Waals surface area contributed by atoms with Crippen LogP contribution in [0.3, 0.4) is 0 Å². The molecule has 0 saturated heterocycles. The topological polar surface area (TPSA) is 154 Å². The predicted molar refractivity (Wildman–Crippen MR) is 253 cm³/mol. The Morgan fingerprint density at radius 2 is 1.81 bits per heavy atom. The molecule has 0 unspecified atom stereocenters. The molecule has 4 aliphatic rings. The predicted octanol–water partition coefficient (Wildman–Crippen LogP) is 10.2. The number of hydrogen-bond acceptors (Lipinski definition) is 10. The van der Waals surface area contributed by atoms with Crippen LogP contribution in [-0.4, -0.2) is 34.1 Å². The lowest BCUT2D eigenvalue weighted by Gasteiger charge is -2.28. The lowest BCUT2D eigenvalue weighted by Crippen LogP contribution is -2.23. The number of aromatic hydroxyl groups is 2. The highest BCUT2D eigenvalue weighted by atomic mass is 33.1. The summed E-state index contributed by atoms with van der Waals surface area (Å²) in [5, 5.41) is 36.4. The van der Waals surface area contributed by atoms with Crippen LogP contribution in [0.5, 0.6) is 17.2 Å². The number of benzene rings is 3. The number of phenolic OH excluding ortho intramolecular Hbond substituents is 2. The van der Waals surface area contributed by atoms with Gasteiger partial charge in [-0.1, -0.05) is 103 Å². The molecule has 1 saturated carbocycles. The van der Waals surface area contributed by atoms with Gasteiger partial charge in [0.25, 0.3) is 0 Å². The average Bonchev–Trinajstić information content (AvgIpc) is 3.91. The third-order valence-corrected chi connectivity index (χ3v) is 15.7. The van der Waals surface area contributed by atoms with E-state index in [0.717, 1.165) is 71.2 Å². The van der Waals surface area contributed by atoms with E-state index in [1.807, 2.05) is 47.2 Å². The lowest BCUT2D eigenvalue weighted by atomic mass is 9.78. The first-order chi connectivity index (χ1) is 30.0. The smallest absolute Gasteiger partial charge is 0.161 e. The largest absolute Gasteiger partial charge is 0.875 e. The zero-order valence-electron chi connectivity index (χ0n) is 36.3. The van der Waals surface area contributed by atoms with Crippen molar-refractivity contribution in [1.29, 1.82) is 0 Å². The molecule has 3 aromatic rings. The molecule has 2 aliphatic heterocycles. The fraction of sp³-hybridized carbons (Fsp3) is 0.462. The number of nitrogens with two attached hydrogens (primary N) is 2. The summed E-state index contributed by atoms with van der Waals surface area (Å²) in [6.07, 6.45) is 19.2. The second-order valence-electron chi connectivity index (χ2n) is 17.9. The number of nitrogens with zero attached hydrogens (tertiary/aromatic N) is 1. The van der Waals surface area contributed by atoms with Gasteiger partial charge in [0.1, 0.15) is 5.75 Å². The monoisotopic (exact) mass is 872 g/mol. The molecule has 328 valence electrons. The first kappa shape index (κ1) is 45.6. The van der Waals surface area contributed by atoms with Crippen LogP contribution in [0.4, 0.5) is 0 Å². The van der Waals surface area contributed by atoms with E-state index in [0.29, 0.717) is 65.9 Å². The molecular weight excluding hydrogens is 811 g/mol. The summed E-state index contributed by atoms with van der Waals surface area (Å²) in [7, 11) is 3.67. The Hall–Kier alpha value is -4.40. The summed E-state index contributed by atoms with van der Waals surface area (Å²) in [6, 6.07) is 14.9. The standard InChI is InChI=1S/C52H63N3O5S2/c1-3-4-5-7-34(2)16-21-52-22-17-37(31-52)32-61-62-33-39-29-42-38(28-43(39)51(53)54)8-6-9-46-41(19-24-55-46)49(59)30-44(42)45-26-36(11-14-47(45)57)20-25-60-50-27-35(12-15-48(50)58)10-13-40(56)18-23-52/h11-12,14-15,18-19,23-24,26-29,34,37,44,51,57-59H,3-5,7,9-10,13,16-17,20-22,25,30-33,53-54H2,1-2H3/p-1/b23-18+,49-41?/t34-,37+,44-,52+/m0/s1. The first-order valence-electron chi connectivity index (χ1n) is 22.5. The Labute approximate surface area is 376 Å². The van der Waals surface area contributed by atoms with Gasteiger partial charge in [-0.3, -0.25) is 9.79 Å². The van der Waals surface area contributed by atoms with Crippen molar-refractivity contribution in [2.75, 3.05) is 12.4 Å². The number of carbonyl (C=O) groups is 1. The molecule has 2 heterocycles. The minimum absolute atomic E-state index is 0.0120. The molecule has 8 nitrogen and oxygen atoms in total. The summed E-state index contributed by atoms with van der Waals surface area (Å²) in [4.78, 5) is 17.9. The third-order valence-electron chi connectivity index (χ3n) is 13.2. The first-order valence-corrected chi connectivity index (χ1v) is 25.0. The van der Waals surface area contributed by atoms with Crippen molar-refractivity contribution in [3.8, 4) is 29.1 Å². The molecule has 0 aromatic heterocycles. The summed E-state index contributed by atoms with van der Waals surface area (Å²) in [6.45, 7) is 4.90. The van der Waals surface area contributed by atoms with Gasteiger partial charge < -0.3 is 31.5 Å². The summed E-state index contributed by atoms with van der Waals surface area (Å²) < 4.78 is 6.15. The molecule has 3 aromatic carbocycles. The number of ether oxygens (including phenoxy) is 1. The number of allylic oxidation sites excluding steroid dienone is 5. The molecule has 6 N–H and O–H groups in total. The van der Waals surface area contributed by atoms with Gasteiger partial charge in [-0.15, -0.1) is 5.76 Å². The van der Waals surface area contributed by atoms with Gasteiger partial charge in [0.15, 0.2) is 17.3 Å². The molecule has 8 bridgehead atoms. The van der Waals surface area contributed by atoms with Crippen LogP contribution in [-0.2, 0) is 23.4 Å². The normalized spacial score (nSPS) is 23.0. The van der Waals surface area contributed by atoms with E-state index in [1.54, 1.807) is 35.2 Å². The van der Waals surface area contributed by atoms with Crippen LogP contribution in [0.1, 0.15) is 142 Å². The van der Waals surface area contributed by atoms with E-state index < -0.39 is 12.1 Å². The molecule has 7 rings (SSSR count). The molecule has 62 heavy (non-hydrogen) atoms. The number of aryl methyl sites for hydroxylation is 1. The maximum Gasteiger partial charge on any atom is 0.161 e. The van der Waals surface area contributed by atoms with E-state index in [4.69, 9.17) is 16.2 Å².